The average Bonchev–Trinajstić information content (AvgIpc) is 3.82. The van der Waals surface area contributed by atoms with Crippen molar-refractivity contribution in [2.45, 2.75) is 77.0 Å². The zero-order valence-corrected chi connectivity index (χ0v) is 36.7. The number of hydrogen-bond acceptors (Lipinski definition) is 1. The number of fused-ring (bicyclic) bond motifs is 13. The molecular weight excluding hydrogens is 735 g/mol. The molecule has 1 heteroatoms. The van der Waals surface area contributed by atoms with E-state index in [-0.39, 0.29) is 16.2 Å². The summed E-state index contributed by atoms with van der Waals surface area (Å²) >= 11 is 0. The molecule has 3 aliphatic carbocycles. The van der Waals surface area contributed by atoms with Crippen molar-refractivity contribution in [3.63, 3.8) is 0 Å². The number of rotatable bonds is 4. The summed E-state index contributed by atoms with van der Waals surface area (Å²) < 4.78 is 0. The zero-order valence-electron chi connectivity index (χ0n) is 36.7. The number of para-hydroxylation sites is 1. The lowest BCUT2D eigenvalue weighted by molar-refractivity contribution is 0.585. The highest BCUT2D eigenvalue weighted by Crippen LogP contribution is 2.66. The van der Waals surface area contributed by atoms with E-state index in [1.54, 1.807) is 0 Å². The Kier molecular flexibility index (Phi) is 8.02. The monoisotopic (exact) mass is 787 g/mol. The summed E-state index contributed by atoms with van der Waals surface area (Å²) in [5.41, 5.74) is 24.3. The van der Waals surface area contributed by atoms with Gasteiger partial charge in [0.05, 0.1) is 11.1 Å². The molecule has 0 unspecified atom stereocenters. The maximum Gasteiger partial charge on any atom is 0.0726 e. The first-order valence-electron chi connectivity index (χ1n) is 22.0. The van der Waals surface area contributed by atoms with Crippen LogP contribution in [0.3, 0.4) is 0 Å². The largest absolute Gasteiger partial charge is 0.310 e. The third-order valence-electron chi connectivity index (χ3n) is 14.1. The molecule has 1 spiro atoms. The van der Waals surface area contributed by atoms with Gasteiger partial charge in [-0.15, -0.1) is 0 Å². The van der Waals surface area contributed by atoms with E-state index in [2.05, 4.69) is 236 Å². The van der Waals surface area contributed by atoms with Crippen molar-refractivity contribution in [2.24, 2.45) is 0 Å². The van der Waals surface area contributed by atoms with Crippen molar-refractivity contribution in [1.29, 1.82) is 0 Å². The molecule has 3 aliphatic rings. The van der Waals surface area contributed by atoms with Crippen LogP contribution in [0.2, 0.25) is 0 Å². The maximum absolute atomic E-state index is 2.55. The lowest BCUT2D eigenvalue weighted by Gasteiger charge is -2.33. The van der Waals surface area contributed by atoms with Crippen LogP contribution < -0.4 is 4.90 Å². The Morgan fingerprint density at radius 1 is 0.361 bits per heavy atom. The molecular formula is C60H53N. The molecule has 0 saturated carbocycles. The van der Waals surface area contributed by atoms with Gasteiger partial charge < -0.3 is 4.90 Å². The van der Waals surface area contributed by atoms with Crippen LogP contribution >= 0.6 is 0 Å². The molecule has 0 N–H and O–H groups in total. The number of hydrogen-bond donors (Lipinski definition) is 0. The first-order valence-corrected chi connectivity index (χ1v) is 22.0. The fraction of sp³-hybridized carbons (Fsp3) is 0.200. The molecule has 0 aromatic heterocycles. The highest BCUT2D eigenvalue weighted by molar-refractivity contribution is 5.99. The van der Waals surface area contributed by atoms with E-state index in [0.717, 1.165) is 17.1 Å². The molecule has 0 fully saturated rings. The molecule has 0 heterocycles. The van der Waals surface area contributed by atoms with Crippen LogP contribution in [0.4, 0.5) is 17.1 Å². The van der Waals surface area contributed by atoms with Crippen LogP contribution in [-0.2, 0) is 21.7 Å². The summed E-state index contributed by atoms with van der Waals surface area (Å²) in [6, 6.07) is 66.8. The normalized spacial score (nSPS) is 14.8. The highest BCUT2D eigenvalue weighted by atomic mass is 15.1. The summed E-state index contributed by atoms with van der Waals surface area (Å²) in [7, 11) is 0. The minimum Gasteiger partial charge on any atom is -0.310 e. The molecule has 0 radical (unpaired) electrons. The number of anilines is 3. The Balaban J connectivity index is 1.23. The molecule has 0 saturated heterocycles. The van der Waals surface area contributed by atoms with E-state index < -0.39 is 5.41 Å². The van der Waals surface area contributed by atoms with Gasteiger partial charge >= 0.3 is 0 Å². The highest BCUT2D eigenvalue weighted by Gasteiger charge is 2.54. The van der Waals surface area contributed by atoms with Gasteiger partial charge in [0.2, 0.25) is 0 Å². The van der Waals surface area contributed by atoms with Gasteiger partial charge in [-0.05, 0) is 125 Å². The van der Waals surface area contributed by atoms with Gasteiger partial charge in [-0.1, -0.05) is 201 Å². The van der Waals surface area contributed by atoms with Crippen molar-refractivity contribution >= 4 is 17.1 Å². The predicted octanol–water partition coefficient (Wildman–Crippen LogP) is 16.1. The van der Waals surface area contributed by atoms with E-state index in [4.69, 9.17) is 0 Å². The van der Waals surface area contributed by atoms with Crippen LogP contribution in [0, 0.1) is 0 Å². The fourth-order valence-corrected chi connectivity index (χ4v) is 11.4. The minimum atomic E-state index is -0.499. The Morgan fingerprint density at radius 3 is 1.39 bits per heavy atom. The first kappa shape index (κ1) is 37.6. The van der Waals surface area contributed by atoms with E-state index in [0.29, 0.717) is 0 Å². The van der Waals surface area contributed by atoms with Gasteiger partial charge in [0, 0.05) is 22.4 Å². The zero-order chi connectivity index (χ0) is 42.1. The standard InChI is InChI=1S/C60H53N/c1-57(2,3)48-27-18-29-50-55(48)56-49(58(4,5)6)28-19-30-51(56)60(50)47-26-16-13-24-43(47)45-35-33-40(37-53(45)60)61(54-31-17-14-22-41(54)38-20-10-9-11-21-38)39-32-34-44-42-23-12-15-25-46(42)59(7,8)52(44)36-39/h9-37H,1-8H3. The topological polar surface area (TPSA) is 3.24 Å². The predicted molar refractivity (Wildman–Crippen MR) is 258 cm³/mol. The van der Waals surface area contributed by atoms with E-state index in [1.165, 1.54) is 89.0 Å². The van der Waals surface area contributed by atoms with Crippen LogP contribution in [0.25, 0.3) is 44.5 Å². The summed E-state index contributed by atoms with van der Waals surface area (Å²) in [4.78, 5) is 2.53. The number of benzene rings is 8. The quantitative estimate of drug-likeness (QED) is 0.172. The Hall–Kier alpha value is -6.44. The van der Waals surface area contributed by atoms with Crippen molar-refractivity contribution < 1.29 is 0 Å². The average molecular weight is 788 g/mol. The second-order valence-corrected chi connectivity index (χ2v) is 20.1. The van der Waals surface area contributed by atoms with Crippen LogP contribution in [0.5, 0.6) is 0 Å². The molecule has 0 amide bonds. The molecule has 298 valence electrons. The van der Waals surface area contributed by atoms with Crippen molar-refractivity contribution in [1.82, 2.24) is 0 Å². The lowest BCUT2D eigenvalue weighted by Crippen LogP contribution is -2.27. The first-order chi connectivity index (χ1) is 29.3. The molecule has 0 aliphatic heterocycles. The third-order valence-corrected chi connectivity index (χ3v) is 14.1. The summed E-state index contributed by atoms with van der Waals surface area (Å²) in [5, 5.41) is 0. The van der Waals surface area contributed by atoms with Gasteiger partial charge in [0.15, 0.2) is 0 Å². The molecule has 61 heavy (non-hydrogen) atoms. The summed E-state index contributed by atoms with van der Waals surface area (Å²) in [5.74, 6) is 0. The SMILES string of the molecule is CC(C)(C)c1cccc2c1-c1c(C(C)(C)C)cccc1C21c2ccccc2-c2ccc(N(c3ccc4c(c3)C(C)(C)c3ccccc3-4)c3ccccc3-c3ccccc3)cc21. The third kappa shape index (κ3) is 5.26. The van der Waals surface area contributed by atoms with Gasteiger partial charge in [-0.2, -0.15) is 0 Å². The molecule has 8 aromatic rings. The molecule has 0 bridgehead atoms. The van der Waals surface area contributed by atoms with Crippen LogP contribution in [0.1, 0.15) is 99.9 Å². The second-order valence-electron chi connectivity index (χ2n) is 20.1. The van der Waals surface area contributed by atoms with Crippen LogP contribution in [-0.4, -0.2) is 0 Å². The Bertz CT molecular complexity index is 3010. The molecule has 8 aromatic carbocycles. The molecule has 11 rings (SSSR count). The smallest absolute Gasteiger partial charge is 0.0726 e. The van der Waals surface area contributed by atoms with E-state index in [1.807, 2.05) is 0 Å². The minimum absolute atomic E-state index is 0.0547. The van der Waals surface area contributed by atoms with Gasteiger partial charge in [-0.25, -0.2) is 0 Å². The fourth-order valence-electron chi connectivity index (χ4n) is 11.4. The molecule has 1 nitrogen and oxygen atoms in total. The van der Waals surface area contributed by atoms with Gasteiger partial charge in [0.25, 0.3) is 0 Å². The van der Waals surface area contributed by atoms with E-state index >= 15 is 0 Å². The summed E-state index contributed by atoms with van der Waals surface area (Å²) in [6.07, 6.45) is 0. The number of nitrogens with zero attached hydrogens (tertiary/aromatic N) is 1. The second kappa shape index (κ2) is 13.0. The van der Waals surface area contributed by atoms with Crippen LogP contribution in [0.15, 0.2) is 176 Å². The van der Waals surface area contributed by atoms with Crippen molar-refractivity contribution in [2.75, 3.05) is 4.90 Å². The van der Waals surface area contributed by atoms with Crippen molar-refractivity contribution in [3.05, 3.63) is 220 Å². The maximum atomic E-state index is 2.55. The summed E-state index contributed by atoms with van der Waals surface area (Å²) in [6.45, 7) is 19.0. The van der Waals surface area contributed by atoms with Gasteiger partial charge in [-0.3, -0.25) is 0 Å². The Morgan fingerprint density at radius 2 is 0.803 bits per heavy atom. The molecule has 0 atom stereocenters. The Labute approximate surface area is 362 Å². The van der Waals surface area contributed by atoms with Gasteiger partial charge in [0.1, 0.15) is 0 Å². The van der Waals surface area contributed by atoms with E-state index in [9.17, 15) is 0 Å². The van der Waals surface area contributed by atoms with Crippen molar-refractivity contribution in [3.8, 4) is 44.5 Å². The lowest BCUT2D eigenvalue weighted by atomic mass is 9.69.